The summed E-state index contributed by atoms with van der Waals surface area (Å²) in [4.78, 5) is 26.6. The molecule has 0 radical (unpaired) electrons. The Labute approximate surface area is 157 Å². The number of nitrogens with one attached hydrogen (secondary N) is 2. The summed E-state index contributed by atoms with van der Waals surface area (Å²) in [7, 11) is 0. The monoisotopic (exact) mass is 367 g/mol. The molecule has 1 saturated heterocycles. The molecule has 2 aliphatic rings. The molecule has 2 N–H and O–H groups in total. The fourth-order valence-corrected chi connectivity index (χ4v) is 3.24. The van der Waals surface area contributed by atoms with Crippen molar-refractivity contribution in [3.8, 4) is 11.5 Å². The summed E-state index contributed by atoms with van der Waals surface area (Å²) in [6, 6.07) is 12.6. The van der Waals surface area contributed by atoms with Gasteiger partial charge in [-0.3, -0.25) is 9.59 Å². The van der Waals surface area contributed by atoms with Crippen LogP contribution in [0.5, 0.6) is 11.5 Å². The number of rotatable bonds is 5. The number of ether oxygens (including phenoxy) is 2. The van der Waals surface area contributed by atoms with Gasteiger partial charge in [-0.05, 0) is 49.2 Å². The van der Waals surface area contributed by atoms with Crippen LogP contribution in [0.2, 0.25) is 0 Å². The molecule has 2 aromatic carbocycles. The Bertz CT molecular complexity index is 845. The van der Waals surface area contributed by atoms with E-state index in [0.29, 0.717) is 22.7 Å². The van der Waals surface area contributed by atoms with Crippen LogP contribution in [0, 0.1) is 0 Å². The summed E-state index contributed by atoms with van der Waals surface area (Å²) < 4.78 is 10.5. The number of carbonyl (C=O) groups excluding carboxylic acids is 2. The van der Waals surface area contributed by atoms with E-state index in [1.54, 1.807) is 30.3 Å². The standard InChI is InChI=1S/C20H21N3O4/c24-19(22-15-5-8-17-18(11-15)27-13-26-17)12-21-20(25)14-3-6-16(7-4-14)23-9-1-2-10-23/h3-8,11H,1-2,9-10,12-13H2,(H,21,25)(H,22,24). The van der Waals surface area contributed by atoms with Gasteiger partial charge in [-0.2, -0.15) is 0 Å². The lowest BCUT2D eigenvalue weighted by atomic mass is 10.2. The highest BCUT2D eigenvalue weighted by Crippen LogP contribution is 2.34. The summed E-state index contributed by atoms with van der Waals surface area (Å²) in [5.74, 6) is 0.660. The Balaban J connectivity index is 1.28. The molecule has 2 aromatic rings. The van der Waals surface area contributed by atoms with Crippen molar-refractivity contribution in [2.24, 2.45) is 0 Å². The number of benzene rings is 2. The first-order valence-corrected chi connectivity index (χ1v) is 9.02. The fraction of sp³-hybridized carbons (Fsp3) is 0.300. The minimum absolute atomic E-state index is 0.110. The Morgan fingerprint density at radius 3 is 2.48 bits per heavy atom. The summed E-state index contributed by atoms with van der Waals surface area (Å²) in [6.45, 7) is 2.19. The predicted octanol–water partition coefficient (Wildman–Crippen LogP) is 2.38. The second-order valence-electron chi connectivity index (χ2n) is 6.54. The molecule has 7 heteroatoms. The lowest BCUT2D eigenvalue weighted by molar-refractivity contribution is -0.115. The second kappa shape index (κ2) is 7.57. The van der Waals surface area contributed by atoms with Gasteiger partial charge in [0.25, 0.3) is 5.91 Å². The summed E-state index contributed by atoms with van der Waals surface area (Å²) in [5.41, 5.74) is 2.26. The molecule has 0 bridgehead atoms. The van der Waals surface area contributed by atoms with Crippen LogP contribution < -0.4 is 25.0 Å². The highest BCUT2D eigenvalue weighted by atomic mass is 16.7. The third-order valence-corrected chi connectivity index (χ3v) is 4.67. The van der Waals surface area contributed by atoms with E-state index in [2.05, 4.69) is 15.5 Å². The minimum Gasteiger partial charge on any atom is -0.454 e. The zero-order valence-corrected chi connectivity index (χ0v) is 14.9. The number of nitrogens with zero attached hydrogens (tertiary/aromatic N) is 1. The van der Waals surface area contributed by atoms with Gasteiger partial charge in [0.1, 0.15) is 0 Å². The molecule has 140 valence electrons. The third-order valence-electron chi connectivity index (χ3n) is 4.67. The quantitative estimate of drug-likeness (QED) is 0.848. The van der Waals surface area contributed by atoms with Gasteiger partial charge in [-0.15, -0.1) is 0 Å². The van der Waals surface area contributed by atoms with Crippen molar-refractivity contribution in [1.29, 1.82) is 0 Å². The summed E-state index contributed by atoms with van der Waals surface area (Å²) in [5, 5.41) is 5.37. The van der Waals surface area contributed by atoms with E-state index in [1.165, 1.54) is 12.8 Å². The molecule has 0 saturated carbocycles. The Hall–Kier alpha value is -3.22. The lowest BCUT2D eigenvalue weighted by Crippen LogP contribution is -2.32. The zero-order chi connectivity index (χ0) is 18.6. The normalized spacial score (nSPS) is 14.9. The van der Waals surface area contributed by atoms with Gasteiger partial charge in [-0.1, -0.05) is 0 Å². The molecule has 0 unspecified atom stereocenters. The number of amides is 2. The van der Waals surface area contributed by atoms with Crippen molar-refractivity contribution in [2.75, 3.05) is 36.6 Å². The molecule has 27 heavy (non-hydrogen) atoms. The largest absolute Gasteiger partial charge is 0.454 e. The number of hydrogen-bond acceptors (Lipinski definition) is 5. The van der Waals surface area contributed by atoms with Crippen molar-refractivity contribution in [2.45, 2.75) is 12.8 Å². The van der Waals surface area contributed by atoms with E-state index in [0.717, 1.165) is 18.8 Å². The highest BCUT2D eigenvalue weighted by molar-refractivity contribution is 5.99. The summed E-state index contributed by atoms with van der Waals surface area (Å²) >= 11 is 0. The van der Waals surface area contributed by atoms with Crippen molar-refractivity contribution in [3.63, 3.8) is 0 Å². The number of anilines is 2. The van der Waals surface area contributed by atoms with Gasteiger partial charge in [0.15, 0.2) is 11.5 Å². The van der Waals surface area contributed by atoms with Gasteiger partial charge in [0.2, 0.25) is 12.7 Å². The van der Waals surface area contributed by atoms with Gasteiger partial charge in [0, 0.05) is 36.1 Å². The van der Waals surface area contributed by atoms with Gasteiger partial charge in [-0.25, -0.2) is 0 Å². The maximum Gasteiger partial charge on any atom is 0.251 e. The fourth-order valence-electron chi connectivity index (χ4n) is 3.24. The van der Waals surface area contributed by atoms with Crippen molar-refractivity contribution in [1.82, 2.24) is 5.32 Å². The molecule has 7 nitrogen and oxygen atoms in total. The third kappa shape index (κ3) is 3.97. The van der Waals surface area contributed by atoms with Crippen LogP contribution in [0.1, 0.15) is 23.2 Å². The second-order valence-corrected chi connectivity index (χ2v) is 6.54. The first kappa shape index (κ1) is 17.2. The SMILES string of the molecule is O=C(CNC(=O)c1ccc(N2CCCC2)cc1)Nc1ccc2c(c1)OCO2. The van der Waals surface area contributed by atoms with E-state index in [-0.39, 0.29) is 25.2 Å². The van der Waals surface area contributed by atoms with Crippen LogP contribution in [-0.2, 0) is 4.79 Å². The van der Waals surface area contributed by atoms with Crippen LogP contribution in [0.4, 0.5) is 11.4 Å². The minimum atomic E-state index is -0.309. The van der Waals surface area contributed by atoms with E-state index in [1.807, 2.05) is 12.1 Å². The van der Waals surface area contributed by atoms with Crippen LogP contribution in [0.15, 0.2) is 42.5 Å². The first-order chi connectivity index (χ1) is 13.2. The molecule has 0 atom stereocenters. The maximum absolute atomic E-state index is 12.2. The molecule has 2 aliphatic heterocycles. The van der Waals surface area contributed by atoms with Crippen molar-refractivity contribution < 1.29 is 19.1 Å². The van der Waals surface area contributed by atoms with Crippen LogP contribution in [0.3, 0.4) is 0 Å². The van der Waals surface area contributed by atoms with Crippen molar-refractivity contribution in [3.05, 3.63) is 48.0 Å². The number of hydrogen-bond donors (Lipinski definition) is 2. The van der Waals surface area contributed by atoms with Crippen LogP contribution in [0.25, 0.3) is 0 Å². The average Bonchev–Trinajstić information content (AvgIpc) is 3.37. The van der Waals surface area contributed by atoms with E-state index in [9.17, 15) is 9.59 Å². The molecule has 4 rings (SSSR count). The molecule has 0 aromatic heterocycles. The Morgan fingerprint density at radius 2 is 1.70 bits per heavy atom. The maximum atomic E-state index is 12.2. The van der Waals surface area contributed by atoms with E-state index >= 15 is 0 Å². The molecule has 0 spiro atoms. The van der Waals surface area contributed by atoms with Crippen LogP contribution >= 0.6 is 0 Å². The smallest absolute Gasteiger partial charge is 0.251 e. The predicted molar refractivity (Wildman–Crippen MR) is 101 cm³/mol. The van der Waals surface area contributed by atoms with Gasteiger partial charge in [0.05, 0.1) is 6.54 Å². The molecular weight excluding hydrogens is 346 g/mol. The average molecular weight is 367 g/mol. The molecular formula is C20H21N3O4. The molecule has 0 aliphatic carbocycles. The van der Waals surface area contributed by atoms with Gasteiger partial charge < -0.3 is 25.0 Å². The molecule has 2 heterocycles. The Kier molecular flexibility index (Phi) is 4.82. The Morgan fingerprint density at radius 1 is 0.963 bits per heavy atom. The van der Waals surface area contributed by atoms with Gasteiger partial charge >= 0.3 is 0 Å². The van der Waals surface area contributed by atoms with E-state index < -0.39 is 0 Å². The number of carbonyl (C=O) groups is 2. The van der Waals surface area contributed by atoms with Crippen molar-refractivity contribution >= 4 is 23.2 Å². The zero-order valence-electron chi connectivity index (χ0n) is 14.9. The first-order valence-electron chi connectivity index (χ1n) is 9.02. The van der Waals surface area contributed by atoms with E-state index in [4.69, 9.17) is 9.47 Å². The molecule has 2 amide bonds. The van der Waals surface area contributed by atoms with Crippen LogP contribution in [-0.4, -0.2) is 38.2 Å². The topological polar surface area (TPSA) is 79.9 Å². The summed E-state index contributed by atoms with van der Waals surface area (Å²) in [6.07, 6.45) is 2.42. The lowest BCUT2D eigenvalue weighted by Gasteiger charge is -2.17. The highest BCUT2D eigenvalue weighted by Gasteiger charge is 2.15. The molecule has 1 fully saturated rings. The number of fused-ring (bicyclic) bond motifs is 1.